The number of phosphoric acid groups is 2. The molecular weight excluding hydrogens is 1380 g/mol. The highest BCUT2D eigenvalue weighted by molar-refractivity contribution is 7.47. The van der Waals surface area contributed by atoms with E-state index < -0.39 is 97.5 Å². The normalized spacial score (nSPS) is 14.6. The summed E-state index contributed by atoms with van der Waals surface area (Å²) in [6.45, 7) is 4.47. The van der Waals surface area contributed by atoms with Crippen LogP contribution in [0.25, 0.3) is 0 Å². The second-order valence-corrected chi connectivity index (χ2v) is 29.8. The number of allylic oxidation sites excluding steroid dienone is 24. The van der Waals surface area contributed by atoms with E-state index in [-0.39, 0.29) is 25.7 Å². The first-order chi connectivity index (χ1) is 51.7. The molecule has 606 valence electrons. The van der Waals surface area contributed by atoms with Crippen molar-refractivity contribution in [3.63, 3.8) is 0 Å². The Bertz CT molecular complexity index is 2580. The molecule has 0 radical (unpaired) electrons. The van der Waals surface area contributed by atoms with Gasteiger partial charge in [0.05, 0.1) is 26.4 Å². The smallest absolute Gasteiger partial charge is 0.462 e. The van der Waals surface area contributed by atoms with Crippen molar-refractivity contribution in [2.24, 2.45) is 0 Å². The second kappa shape index (κ2) is 78.1. The van der Waals surface area contributed by atoms with E-state index in [2.05, 4.69) is 161 Å². The van der Waals surface area contributed by atoms with Gasteiger partial charge in [-0.25, -0.2) is 9.13 Å². The number of aliphatic hydroxyl groups excluding tert-OH is 1. The lowest BCUT2D eigenvalue weighted by Gasteiger charge is -2.21. The summed E-state index contributed by atoms with van der Waals surface area (Å²) in [7, 11) is -9.99. The molecule has 0 fully saturated rings. The summed E-state index contributed by atoms with van der Waals surface area (Å²) in [5.74, 6) is -2.26. The number of rotatable bonds is 76. The molecule has 0 aliphatic carbocycles. The molecule has 5 unspecified atom stereocenters. The van der Waals surface area contributed by atoms with Gasteiger partial charge >= 0.3 is 39.5 Å². The Kier molecular flexibility index (Phi) is 74.3. The second-order valence-electron chi connectivity index (χ2n) is 26.9. The van der Waals surface area contributed by atoms with Crippen LogP contribution in [0.5, 0.6) is 0 Å². The van der Waals surface area contributed by atoms with Crippen LogP contribution in [-0.2, 0) is 65.4 Å². The van der Waals surface area contributed by atoms with E-state index in [1.54, 1.807) is 0 Å². The number of ether oxygens (including phenoxy) is 4. The molecule has 0 amide bonds. The Morgan fingerprint density at radius 3 is 0.792 bits per heavy atom. The summed E-state index contributed by atoms with van der Waals surface area (Å²) in [5.41, 5.74) is 0. The minimum Gasteiger partial charge on any atom is -0.462 e. The third-order valence-electron chi connectivity index (χ3n) is 16.8. The topological polar surface area (TPSA) is 237 Å². The van der Waals surface area contributed by atoms with Crippen molar-refractivity contribution >= 4 is 39.5 Å². The lowest BCUT2D eigenvalue weighted by atomic mass is 10.0. The monoisotopic (exact) mass is 1530 g/mol. The van der Waals surface area contributed by atoms with Gasteiger partial charge in [0.2, 0.25) is 0 Å². The molecule has 5 atom stereocenters. The minimum atomic E-state index is -5.00. The zero-order valence-corrected chi connectivity index (χ0v) is 68.1. The number of esters is 4. The molecule has 3 N–H and O–H groups in total. The quantitative estimate of drug-likeness (QED) is 0.0169. The SMILES string of the molecule is CC/C=C\C/C=C\C/C=C\C/C=C\C/C=C\CCCC(=O)OC(COC(=O)CCCCCCCC/C=C\C/C=C\C/C=C\C/C=C\CC)COP(=O)(O)OCC(O)COP(=O)(O)OCC(COC(=O)CCCCCCCCC/C=C\C/C=C\C/C=C\CC)OC(=O)CCCCCCCCCCCCCCC. The summed E-state index contributed by atoms with van der Waals surface area (Å²) in [5, 5.41) is 10.7. The third-order valence-corrected chi connectivity index (χ3v) is 18.7. The lowest BCUT2D eigenvalue weighted by Crippen LogP contribution is -2.30. The Morgan fingerprint density at radius 2 is 0.500 bits per heavy atom. The Labute approximate surface area is 643 Å². The summed E-state index contributed by atoms with van der Waals surface area (Å²) in [4.78, 5) is 73.1. The van der Waals surface area contributed by atoms with Gasteiger partial charge in [-0.15, -0.1) is 0 Å². The molecule has 0 aromatic heterocycles. The molecule has 0 saturated carbocycles. The van der Waals surface area contributed by atoms with E-state index in [4.69, 9.17) is 37.0 Å². The standard InChI is InChI=1S/C87H146O17P2/c1-5-9-13-17-21-25-29-33-36-39-40-43-45-49-52-56-60-64-68-72-85(90)98-78-83(104-87(92)74-70-66-62-58-54-50-46-42-38-35-31-27-23-19-15-11-7-3)80-102-106(95,96)100-76-81(88)75-99-105(93,94)101-79-82(103-86(91)73-69-65-61-57-53-47-32-28-24-20-16-12-8-4)77-97-84(89)71-67-63-59-55-51-48-44-41-37-34-30-26-22-18-14-10-6-2/h9-11,13-15,21-23,25-27,33-38,40,43,46,50,58,62,81-83,88H,5-8,12,16-20,24,28-32,39,41-42,44-45,47-49,51-57,59-61,63-80H2,1-4H3,(H,93,94)(H,95,96)/b13-9-,14-10-,15-11-,25-21-,26-22-,27-23-,36-33-,37-34-,38-35-,43-40-,50-46-,62-58-. The van der Waals surface area contributed by atoms with Crippen molar-refractivity contribution in [1.29, 1.82) is 0 Å². The van der Waals surface area contributed by atoms with Crippen molar-refractivity contribution in [1.82, 2.24) is 0 Å². The Balaban J connectivity index is 5.42. The maximum Gasteiger partial charge on any atom is 0.472 e. The molecule has 0 saturated heterocycles. The Morgan fingerprint density at radius 1 is 0.274 bits per heavy atom. The average molecular weight is 1530 g/mol. The van der Waals surface area contributed by atoms with Gasteiger partial charge in [0.25, 0.3) is 0 Å². The van der Waals surface area contributed by atoms with Gasteiger partial charge in [0.1, 0.15) is 19.3 Å². The lowest BCUT2D eigenvalue weighted by molar-refractivity contribution is -0.161. The van der Waals surface area contributed by atoms with Crippen LogP contribution in [0.4, 0.5) is 0 Å². The van der Waals surface area contributed by atoms with E-state index in [9.17, 15) is 43.2 Å². The van der Waals surface area contributed by atoms with Crippen LogP contribution in [-0.4, -0.2) is 96.7 Å². The molecule has 0 bridgehead atoms. The van der Waals surface area contributed by atoms with Crippen LogP contribution in [0.1, 0.15) is 323 Å². The van der Waals surface area contributed by atoms with E-state index in [0.29, 0.717) is 32.1 Å². The van der Waals surface area contributed by atoms with Crippen LogP contribution in [0.3, 0.4) is 0 Å². The molecule has 106 heavy (non-hydrogen) atoms. The third kappa shape index (κ3) is 77.1. The molecule has 0 aliphatic heterocycles. The van der Waals surface area contributed by atoms with Crippen LogP contribution >= 0.6 is 15.6 Å². The molecule has 0 heterocycles. The first kappa shape index (κ1) is 101. The van der Waals surface area contributed by atoms with Gasteiger partial charge in [0.15, 0.2) is 12.2 Å². The van der Waals surface area contributed by atoms with Crippen molar-refractivity contribution in [3.8, 4) is 0 Å². The van der Waals surface area contributed by atoms with Crippen molar-refractivity contribution in [2.75, 3.05) is 39.6 Å². The fourth-order valence-electron chi connectivity index (χ4n) is 10.7. The van der Waals surface area contributed by atoms with Gasteiger partial charge in [-0.3, -0.25) is 37.3 Å². The van der Waals surface area contributed by atoms with E-state index in [1.165, 1.54) is 51.4 Å². The average Bonchev–Trinajstić information content (AvgIpc) is 0.899. The molecule has 0 rings (SSSR count). The molecule has 17 nitrogen and oxygen atoms in total. The summed E-state index contributed by atoms with van der Waals surface area (Å²) < 4.78 is 68.6. The Hall–Kier alpha value is -5.06. The number of carbonyl (C=O) groups is 4. The fourth-order valence-corrected chi connectivity index (χ4v) is 12.3. The first-order valence-electron chi connectivity index (χ1n) is 41.1. The van der Waals surface area contributed by atoms with Gasteiger partial charge in [0, 0.05) is 25.7 Å². The highest BCUT2D eigenvalue weighted by Crippen LogP contribution is 2.45. The van der Waals surface area contributed by atoms with Gasteiger partial charge < -0.3 is 33.8 Å². The molecule has 0 aliphatic rings. The van der Waals surface area contributed by atoms with Crippen molar-refractivity contribution in [2.45, 2.75) is 341 Å². The number of hydrogen-bond donors (Lipinski definition) is 3. The van der Waals surface area contributed by atoms with E-state index in [0.717, 1.165) is 186 Å². The van der Waals surface area contributed by atoms with Crippen molar-refractivity contribution in [3.05, 3.63) is 146 Å². The van der Waals surface area contributed by atoms with Crippen molar-refractivity contribution < 1.29 is 80.2 Å². The molecule has 0 aromatic rings. The van der Waals surface area contributed by atoms with Crippen LogP contribution < -0.4 is 0 Å². The highest BCUT2D eigenvalue weighted by atomic mass is 31.2. The predicted molar refractivity (Wildman–Crippen MR) is 436 cm³/mol. The highest BCUT2D eigenvalue weighted by Gasteiger charge is 2.30. The van der Waals surface area contributed by atoms with Gasteiger partial charge in [-0.2, -0.15) is 0 Å². The number of hydrogen-bond acceptors (Lipinski definition) is 15. The molecule has 0 spiro atoms. The summed E-state index contributed by atoms with van der Waals surface area (Å²) in [6, 6.07) is 0. The minimum absolute atomic E-state index is 0.00956. The maximum atomic E-state index is 13.1. The fraction of sp³-hybridized carbons (Fsp3) is 0.678. The van der Waals surface area contributed by atoms with Crippen LogP contribution in [0.15, 0.2) is 146 Å². The molecule has 19 heteroatoms. The van der Waals surface area contributed by atoms with Crippen LogP contribution in [0.2, 0.25) is 0 Å². The largest absolute Gasteiger partial charge is 0.472 e. The first-order valence-corrected chi connectivity index (χ1v) is 44.1. The predicted octanol–water partition coefficient (Wildman–Crippen LogP) is 24.2. The number of carbonyl (C=O) groups excluding carboxylic acids is 4. The summed E-state index contributed by atoms with van der Waals surface area (Å²) >= 11 is 0. The van der Waals surface area contributed by atoms with Crippen LogP contribution in [0, 0.1) is 0 Å². The van der Waals surface area contributed by atoms with Gasteiger partial charge in [-0.05, 0) is 135 Å². The summed E-state index contributed by atoms with van der Waals surface area (Å²) in [6.07, 6.45) is 89.7. The maximum absolute atomic E-state index is 13.1. The number of phosphoric ester groups is 2. The number of aliphatic hydroxyl groups is 1. The van der Waals surface area contributed by atoms with Gasteiger partial charge in [-0.1, -0.05) is 308 Å². The molecule has 0 aromatic carbocycles. The van der Waals surface area contributed by atoms with E-state index >= 15 is 0 Å². The zero-order chi connectivity index (χ0) is 77.4. The zero-order valence-electron chi connectivity index (χ0n) is 66.3. The number of unbranched alkanes of at least 4 members (excludes halogenated alkanes) is 26. The molecular formula is C87H146O17P2. The van der Waals surface area contributed by atoms with E-state index in [1.807, 2.05) is 12.2 Å².